The van der Waals surface area contributed by atoms with Gasteiger partial charge in [0.05, 0.1) is 22.0 Å². The number of nitrogens with zero attached hydrogens (tertiary/aromatic N) is 3. The van der Waals surface area contributed by atoms with E-state index in [0.29, 0.717) is 48.9 Å². The molecule has 3 unspecified atom stereocenters. The van der Waals surface area contributed by atoms with E-state index in [1.165, 1.54) is 22.7 Å². The van der Waals surface area contributed by atoms with Crippen molar-refractivity contribution < 1.29 is 13.9 Å². The first-order valence-corrected chi connectivity index (χ1v) is 12.6. The molecule has 3 atom stereocenters. The average Bonchev–Trinajstić information content (AvgIpc) is 3.41. The van der Waals surface area contributed by atoms with Crippen molar-refractivity contribution in [3.8, 4) is 0 Å². The van der Waals surface area contributed by atoms with Crippen LogP contribution in [0, 0.1) is 18.7 Å². The first-order valence-electron chi connectivity index (χ1n) is 11.0. The van der Waals surface area contributed by atoms with Gasteiger partial charge in [0, 0.05) is 43.9 Å². The number of ether oxygens (including phenoxy) is 1. The van der Waals surface area contributed by atoms with Crippen LogP contribution in [0.15, 0.2) is 6.07 Å². The number of fused-ring (bicyclic) bond motifs is 2. The first kappa shape index (κ1) is 22.5. The highest BCUT2D eigenvalue weighted by atomic mass is 32.1. The fraction of sp³-hybridized carbons (Fsp3) is 0.500. The van der Waals surface area contributed by atoms with Crippen LogP contribution in [-0.2, 0) is 17.6 Å². The molecular formula is C22H27FN6O2S2. The minimum atomic E-state index is -0.352. The van der Waals surface area contributed by atoms with Crippen LogP contribution >= 0.6 is 22.7 Å². The molecule has 1 aliphatic carbocycles. The lowest BCUT2D eigenvalue weighted by atomic mass is 9.91. The van der Waals surface area contributed by atoms with Crippen molar-refractivity contribution in [2.24, 2.45) is 11.7 Å². The molecule has 3 aromatic rings. The number of pyridine rings is 1. The Morgan fingerprint density at radius 3 is 2.94 bits per heavy atom. The highest BCUT2D eigenvalue weighted by Crippen LogP contribution is 2.37. The van der Waals surface area contributed by atoms with Crippen LogP contribution in [0.5, 0.6) is 0 Å². The second-order valence-electron chi connectivity index (χ2n) is 8.81. The second-order valence-corrected chi connectivity index (χ2v) is 11.0. The van der Waals surface area contributed by atoms with Crippen molar-refractivity contribution in [3.63, 3.8) is 0 Å². The number of halogens is 1. The number of thiazole rings is 1. The molecule has 3 aromatic heterocycles. The van der Waals surface area contributed by atoms with E-state index in [1.807, 2.05) is 11.8 Å². The van der Waals surface area contributed by atoms with Gasteiger partial charge in [-0.2, -0.15) is 0 Å². The summed E-state index contributed by atoms with van der Waals surface area (Å²) in [4.78, 5) is 25.2. The van der Waals surface area contributed by atoms with Gasteiger partial charge in [-0.15, -0.1) is 22.7 Å². The largest absolute Gasteiger partial charge is 0.396 e. The van der Waals surface area contributed by atoms with E-state index < -0.39 is 0 Å². The molecule has 8 nitrogen and oxygen atoms in total. The number of aryl methyl sites for hydroxylation is 2. The Labute approximate surface area is 199 Å². The fourth-order valence-corrected chi connectivity index (χ4v) is 6.84. The lowest BCUT2D eigenvalue weighted by Gasteiger charge is -2.27. The molecule has 0 bridgehead atoms. The zero-order valence-corrected chi connectivity index (χ0v) is 20.2. The van der Waals surface area contributed by atoms with Gasteiger partial charge in [0.25, 0.3) is 5.91 Å². The minimum Gasteiger partial charge on any atom is -0.396 e. The number of thiophene rings is 1. The van der Waals surface area contributed by atoms with Gasteiger partial charge in [0.15, 0.2) is 11.6 Å². The first-order chi connectivity index (χ1) is 15.8. The van der Waals surface area contributed by atoms with Crippen molar-refractivity contribution in [2.75, 3.05) is 37.4 Å². The van der Waals surface area contributed by atoms with Gasteiger partial charge < -0.3 is 26.4 Å². The van der Waals surface area contributed by atoms with E-state index in [4.69, 9.17) is 16.2 Å². The molecule has 1 amide bonds. The van der Waals surface area contributed by atoms with Crippen LogP contribution < -0.4 is 21.7 Å². The van der Waals surface area contributed by atoms with Crippen LogP contribution in [0.25, 0.3) is 9.53 Å². The van der Waals surface area contributed by atoms with Crippen molar-refractivity contribution in [2.45, 2.75) is 38.3 Å². The normalized spacial score (nSPS) is 22.7. The molecule has 11 heteroatoms. The van der Waals surface area contributed by atoms with Crippen molar-refractivity contribution in [1.82, 2.24) is 15.3 Å². The SMILES string of the molecule is COCC1CN(c2nc3c(cc2F)CC(NC(=O)c2sc4nc(C)sc4c2N)CC3)CC1N. The number of hydrogen-bond acceptors (Lipinski definition) is 9. The van der Waals surface area contributed by atoms with Gasteiger partial charge in [-0.1, -0.05) is 0 Å². The third-order valence-electron chi connectivity index (χ3n) is 6.43. The molecule has 5 N–H and O–H groups in total. The summed E-state index contributed by atoms with van der Waals surface area (Å²) in [5.41, 5.74) is 14.6. The highest BCUT2D eigenvalue weighted by Gasteiger charge is 2.33. The van der Waals surface area contributed by atoms with Gasteiger partial charge in [-0.05, 0) is 37.8 Å². The summed E-state index contributed by atoms with van der Waals surface area (Å²) in [6, 6.07) is 1.39. The van der Waals surface area contributed by atoms with Crippen LogP contribution in [0.3, 0.4) is 0 Å². The van der Waals surface area contributed by atoms with Crippen LogP contribution in [0.1, 0.15) is 32.4 Å². The lowest BCUT2D eigenvalue weighted by molar-refractivity contribution is 0.0938. The Bertz CT molecular complexity index is 1210. The number of rotatable bonds is 5. The number of nitrogens with one attached hydrogen (secondary N) is 1. The third kappa shape index (κ3) is 4.18. The van der Waals surface area contributed by atoms with E-state index >= 15 is 4.39 Å². The Morgan fingerprint density at radius 1 is 1.36 bits per heavy atom. The zero-order valence-electron chi connectivity index (χ0n) is 18.6. The molecule has 0 aromatic carbocycles. The number of anilines is 2. The molecule has 33 heavy (non-hydrogen) atoms. The predicted molar refractivity (Wildman–Crippen MR) is 130 cm³/mol. The van der Waals surface area contributed by atoms with Gasteiger partial charge >= 0.3 is 0 Å². The summed E-state index contributed by atoms with van der Waals surface area (Å²) in [5, 5.41) is 4.00. The molecular weight excluding hydrogens is 463 g/mol. The molecule has 1 saturated heterocycles. The molecule has 1 aliphatic heterocycles. The van der Waals surface area contributed by atoms with E-state index in [9.17, 15) is 4.79 Å². The lowest BCUT2D eigenvalue weighted by Crippen LogP contribution is -2.39. The summed E-state index contributed by atoms with van der Waals surface area (Å²) < 4.78 is 21.1. The van der Waals surface area contributed by atoms with Crippen molar-refractivity contribution in [3.05, 3.63) is 33.0 Å². The molecule has 4 heterocycles. The molecule has 5 rings (SSSR count). The fourth-order valence-electron chi connectivity index (χ4n) is 4.75. The maximum Gasteiger partial charge on any atom is 0.263 e. The maximum atomic E-state index is 15.0. The maximum absolute atomic E-state index is 15.0. The molecule has 1 fully saturated rings. The van der Waals surface area contributed by atoms with E-state index in [-0.39, 0.29) is 29.7 Å². The number of aromatic nitrogens is 2. The number of carbonyl (C=O) groups is 1. The van der Waals surface area contributed by atoms with Gasteiger partial charge in [0.1, 0.15) is 9.71 Å². The average molecular weight is 491 g/mol. The van der Waals surface area contributed by atoms with Crippen molar-refractivity contribution >= 4 is 49.6 Å². The van der Waals surface area contributed by atoms with Gasteiger partial charge in [-0.25, -0.2) is 14.4 Å². The summed E-state index contributed by atoms with van der Waals surface area (Å²) in [6.45, 7) is 3.66. The van der Waals surface area contributed by atoms with E-state index in [0.717, 1.165) is 32.2 Å². The Hall–Kier alpha value is -2.34. The van der Waals surface area contributed by atoms with Crippen LogP contribution in [-0.4, -0.2) is 54.8 Å². The smallest absolute Gasteiger partial charge is 0.263 e. The number of amides is 1. The van der Waals surface area contributed by atoms with E-state index in [2.05, 4.69) is 15.3 Å². The number of methoxy groups -OCH3 is 1. The molecule has 0 saturated carbocycles. The van der Waals surface area contributed by atoms with Crippen molar-refractivity contribution in [1.29, 1.82) is 0 Å². The molecule has 0 radical (unpaired) electrons. The van der Waals surface area contributed by atoms with Gasteiger partial charge in [-0.3, -0.25) is 4.79 Å². The predicted octanol–water partition coefficient (Wildman–Crippen LogP) is 2.48. The summed E-state index contributed by atoms with van der Waals surface area (Å²) >= 11 is 2.81. The number of nitrogens with two attached hydrogens (primary N) is 2. The Morgan fingerprint density at radius 2 is 2.18 bits per heavy atom. The molecule has 176 valence electrons. The number of carbonyl (C=O) groups excluding carboxylic acids is 1. The highest BCUT2D eigenvalue weighted by molar-refractivity contribution is 7.29. The van der Waals surface area contributed by atoms with Crippen LogP contribution in [0.4, 0.5) is 15.9 Å². The summed E-state index contributed by atoms with van der Waals surface area (Å²) in [7, 11) is 1.65. The summed E-state index contributed by atoms with van der Waals surface area (Å²) in [6.07, 6.45) is 1.94. The second kappa shape index (κ2) is 8.79. The Balaban J connectivity index is 1.29. The third-order valence-corrected chi connectivity index (χ3v) is 8.66. The number of hydrogen-bond donors (Lipinski definition) is 3. The topological polar surface area (TPSA) is 119 Å². The Kier molecular flexibility index (Phi) is 5.98. The number of nitrogen functional groups attached to an aromatic ring is 1. The zero-order chi connectivity index (χ0) is 23.3. The standard InChI is InChI=1S/C22H27FN6O2S2/c1-10-26-22-19(32-10)17(25)18(33-22)21(30)27-13-3-4-16-11(5-13)6-14(23)20(28-16)29-7-12(9-31-2)15(24)8-29/h6,12-13,15H,3-5,7-9,24-25H2,1-2H3,(H,27,30). The summed E-state index contributed by atoms with van der Waals surface area (Å²) in [5.74, 6) is -0.0327. The van der Waals surface area contributed by atoms with Gasteiger partial charge in [0.2, 0.25) is 0 Å². The quantitative estimate of drug-likeness (QED) is 0.503. The molecule has 0 spiro atoms. The van der Waals surface area contributed by atoms with Crippen LogP contribution in [0.2, 0.25) is 0 Å². The molecule has 2 aliphatic rings. The monoisotopic (exact) mass is 490 g/mol. The minimum absolute atomic E-state index is 0.0687. The van der Waals surface area contributed by atoms with E-state index in [1.54, 1.807) is 13.2 Å².